The third-order valence-corrected chi connectivity index (χ3v) is 7.95. The highest BCUT2D eigenvalue weighted by Crippen LogP contribution is 2.52. The lowest BCUT2D eigenvalue weighted by Gasteiger charge is -2.32. The van der Waals surface area contributed by atoms with Crippen molar-refractivity contribution in [2.45, 2.75) is 96.8 Å². The Morgan fingerprint density at radius 2 is 1.09 bits per heavy atom. The minimum Gasteiger partial charge on any atom is -0.0766 e. The van der Waals surface area contributed by atoms with Gasteiger partial charge in [0.25, 0.3) is 0 Å². The van der Waals surface area contributed by atoms with Crippen LogP contribution in [-0.2, 0) is 10.8 Å². The average Bonchev–Trinajstić information content (AvgIpc) is 3.23. The maximum atomic E-state index is 2.57. The van der Waals surface area contributed by atoms with Crippen LogP contribution in [0, 0.1) is 0 Å². The van der Waals surface area contributed by atoms with Gasteiger partial charge in [-0.1, -0.05) is 128 Å². The summed E-state index contributed by atoms with van der Waals surface area (Å²) >= 11 is 0. The fraction of sp³-hybridized carbons (Fsp3) is 0.455. The first kappa shape index (κ1) is 23.8. The van der Waals surface area contributed by atoms with Crippen LogP contribution in [0.3, 0.4) is 0 Å². The highest BCUT2D eigenvalue weighted by atomic mass is 14.4. The lowest BCUT2D eigenvalue weighted by Crippen LogP contribution is -2.24. The van der Waals surface area contributed by atoms with E-state index in [0.717, 1.165) is 6.42 Å². The highest BCUT2D eigenvalue weighted by molar-refractivity contribution is 5.82. The number of hydrogen-bond donors (Lipinski definition) is 0. The predicted molar refractivity (Wildman–Crippen MR) is 146 cm³/mol. The molecule has 0 amide bonds. The van der Waals surface area contributed by atoms with Gasteiger partial charge in [-0.05, 0) is 64.0 Å². The Bertz CT molecular complexity index is 995. The third kappa shape index (κ3) is 4.68. The molecule has 0 aliphatic heterocycles. The summed E-state index contributed by atoms with van der Waals surface area (Å²) in [6.45, 7) is 11.9. The molecule has 0 aromatic heterocycles. The zero-order valence-corrected chi connectivity index (χ0v) is 21.5. The second-order valence-corrected chi connectivity index (χ2v) is 11.1. The van der Waals surface area contributed by atoms with Crippen LogP contribution in [0.5, 0.6) is 0 Å². The van der Waals surface area contributed by atoms with Crippen LogP contribution in [0.25, 0.3) is 12.2 Å². The molecule has 0 bridgehead atoms. The van der Waals surface area contributed by atoms with Gasteiger partial charge in [-0.3, -0.25) is 0 Å². The molecule has 0 spiro atoms. The molecule has 0 atom stereocenters. The maximum Gasteiger partial charge on any atom is 0.0158 e. The molecule has 174 valence electrons. The number of benzene rings is 2. The van der Waals surface area contributed by atoms with Gasteiger partial charge in [0.1, 0.15) is 0 Å². The van der Waals surface area contributed by atoms with Gasteiger partial charge in [0.15, 0.2) is 0 Å². The van der Waals surface area contributed by atoms with Crippen molar-refractivity contribution in [2.24, 2.45) is 0 Å². The van der Waals surface area contributed by atoms with Gasteiger partial charge >= 0.3 is 0 Å². The van der Waals surface area contributed by atoms with E-state index < -0.39 is 0 Å². The van der Waals surface area contributed by atoms with Gasteiger partial charge in [0.05, 0.1) is 0 Å². The van der Waals surface area contributed by atoms with Crippen molar-refractivity contribution in [2.75, 3.05) is 0 Å². The Morgan fingerprint density at radius 3 is 1.58 bits per heavy atom. The SMILES string of the molecule is CCCCCCCCCC=C(C1=Cc2ccccc2C1(C)C)C1=Cc2ccccc2C1(C)C. The van der Waals surface area contributed by atoms with Gasteiger partial charge in [-0.25, -0.2) is 0 Å². The molecule has 0 unspecified atom stereocenters. The fourth-order valence-corrected chi connectivity index (χ4v) is 5.89. The van der Waals surface area contributed by atoms with E-state index in [1.165, 1.54) is 83.9 Å². The molecule has 0 saturated heterocycles. The van der Waals surface area contributed by atoms with Crippen LogP contribution in [0.2, 0.25) is 0 Å². The zero-order chi connectivity index (χ0) is 23.5. The van der Waals surface area contributed by atoms with Crippen molar-refractivity contribution in [3.63, 3.8) is 0 Å². The topological polar surface area (TPSA) is 0 Å². The van der Waals surface area contributed by atoms with E-state index in [2.05, 4.69) is 101 Å². The van der Waals surface area contributed by atoms with Crippen molar-refractivity contribution >= 4 is 12.2 Å². The van der Waals surface area contributed by atoms with Gasteiger partial charge in [0.2, 0.25) is 0 Å². The molecule has 2 aliphatic rings. The summed E-state index contributed by atoms with van der Waals surface area (Å²) in [5, 5.41) is 0. The number of rotatable bonds is 10. The first-order valence-corrected chi connectivity index (χ1v) is 13.2. The Labute approximate surface area is 202 Å². The largest absolute Gasteiger partial charge is 0.0766 e. The molecular weight excluding hydrogens is 396 g/mol. The van der Waals surface area contributed by atoms with Crippen LogP contribution in [-0.4, -0.2) is 0 Å². The van der Waals surface area contributed by atoms with Crippen LogP contribution in [0.4, 0.5) is 0 Å². The summed E-state index contributed by atoms with van der Waals surface area (Å²) in [4.78, 5) is 0. The second kappa shape index (κ2) is 9.88. The van der Waals surface area contributed by atoms with E-state index in [1.807, 2.05) is 0 Å². The Hall–Kier alpha value is -2.34. The Morgan fingerprint density at radius 1 is 0.636 bits per heavy atom. The zero-order valence-electron chi connectivity index (χ0n) is 21.5. The molecule has 2 aliphatic carbocycles. The minimum absolute atomic E-state index is 0.0221. The summed E-state index contributed by atoms with van der Waals surface area (Å²) < 4.78 is 0. The summed E-state index contributed by atoms with van der Waals surface area (Å²) in [6, 6.07) is 17.9. The number of fused-ring (bicyclic) bond motifs is 2. The standard InChI is InChI=1S/C33H42/c1-6-7-8-9-10-11-12-13-20-27(30-23-25-18-14-16-21-28(25)32(30,2)3)31-24-26-19-15-17-22-29(26)33(31,4)5/h14-24H,6-13H2,1-5H3. The molecule has 0 saturated carbocycles. The van der Waals surface area contributed by atoms with E-state index >= 15 is 0 Å². The van der Waals surface area contributed by atoms with Crippen molar-refractivity contribution in [1.29, 1.82) is 0 Å². The first-order chi connectivity index (χ1) is 15.9. The average molecular weight is 439 g/mol. The normalized spacial score (nSPS) is 17.2. The first-order valence-electron chi connectivity index (χ1n) is 13.2. The van der Waals surface area contributed by atoms with E-state index in [9.17, 15) is 0 Å². The molecule has 4 rings (SSSR count). The summed E-state index contributed by atoms with van der Waals surface area (Å²) in [6.07, 6.45) is 18.2. The molecule has 33 heavy (non-hydrogen) atoms. The number of unbranched alkanes of at least 4 members (excludes halogenated alkanes) is 7. The van der Waals surface area contributed by atoms with Crippen LogP contribution in [0.15, 0.2) is 71.3 Å². The van der Waals surface area contributed by atoms with E-state index in [1.54, 1.807) is 0 Å². The molecule has 0 N–H and O–H groups in total. The number of allylic oxidation sites excluding steroid dienone is 4. The fourth-order valence-electron chi connectivity index (χ4n) is 5.89. The second-order valence-electron chi connectivity index (χ2n) is 11.1. The van der Waals surface area contributed by atoms with Gasteiger partial charge in [-0.2, -0.15) is 0 Å². The summed E-state index contributed by atoms with van der Waals surface area (Å²) in [5.74, 6) is 0. The van der Waals surface area contributed by atoms with Crippen LogP contribution in [0.1, 0.15) is 108 Å². The van der Waals surface area contributed by atoms with E-state index in [-0.39, 0.29) is 10.8 Å². The highest BCUT2D eigenvalue weighted by Gasteiger charge is 2.40. The van der Waals surface area contributed by atoms with Gasteiger partial charge in [0, 0.05) is 10.8 Å². The molecule has 0 heterocycles. The monoisotopic (exact) mass is 438 g/mol. The molecule has 0 nitrogen and oxygen atoms in total. The lowest BCUT2D eigenvalue weighted by molar-refractivity contribution is 0.589. The quantitative estimate of drug-likeness (QED) is 0.324. The summed E-state index contributed by atoms with van der Waals surface area (Å²) in [7, 11) is 0. The third-order valence-electron chi connectivity index (χ3n) is 7.95. The smallest absolute Gasteiger partial charge is 0.0158 e. The van der Waals surface area contributed by atoms with Crippen LogP contribution >= 0.6 is 0 Å². The summed E-state index contributed by atoms with van der Waals surface area (Å²) in [5.41, 5.74) is 10.2. The Kier molecular flexibility index (Phi) is 7.13. The Balaban J connectivity index is 1.62. The maximum absolute atomic E-state index is 2.57. The minimum atomic E-state index is 0.0221. The van der Waals surface area contributed by atoms with E-state index in [4.69, 9.17) is 0 Å². The molecule has 2 aromatic rings. The van der Waals surface area contributed by atoms with Crippen molar-refractivity contribution in [3.8, 4) is 0 Å². The van der Waals surface area contributed by atoms with Crippen molar-refractivity contribution in [1.82, 2.24) is 0 Å². The van der Waals surface area contributed by atoms with Crippen molar-refractivity contribution < 1.29 is 0 Å². The molecule has 2 aromatic carbocycles. The molecule has 0 radical (unpaired) electrons. The molecule has 0 fully saturated rings. The lowest BCUT2D eigenvalue weighted by atomic mass is 9.71. The molecular formula is C33H42. The van der Waals surface area contributed by atoms with Crippen LogP contribution < -0.4 is 0 Å². The number of hydrogen-bond acceptors (Lipinski definition) is 0. The van der Waals surface area contributed by atoms with Gasteiger partial charge < -0.3 is 0 Å². The molecule has 0 heteroatoms. The van der Waals surface area contributed by atoms with Crippen molar-refractivity contribution in [3.05, 3.63) is 93.6 Å². The van der Waals surface area contributed by atoms with Gasteiger partial charge in [-0.15, -0.1) is 0 Å². The predicted octanol–water partition coefficient (Wildman–Crippen LogP) is 9.80. The van der Waals surface area contributed by atoms with E-state index in [0.29, 0.717) is 0 Å².